The highest BCUT2D eigenvalue weighted by atomic mass is 16.1. The number of nitrogens with one attached hydrogen (secondary N) is 1. The first kappa shape index (κ1) is 13.1. The Bertz CT molecular complexity index is 721. The standard InChI is InChI=1S/C17H15N3O/c21-17(12-14-6-2-1-3-7-14)19-15-8-4-9-16(13-15)20-11-5-10-18-20/h1-11,13H,12H2,(H,19,21). The third-order valence-electron chi connectivity index (χ3n) is 3.11. The predicted molar refractivity (Wildman–Crippen MR) is 82.3 cm³/mol. The number of nitrogens with zero attached hydrogens (tertiary/aromatic N) is 2. The molecule has 21 heavy (non-hydrogen) atoms. The van der Waals surface area contributed by atoms with Crippen LogP contribution >= 0.6 is 0 Å². The van der Waals surface area contributed by atoms with Gasteiger partial charge in [-0.15, -0.1) is 0 Å². The third kappa shape index (κ3) is 3.36. The molecule has 0 unspecified atom stereocenters. The Kier molecular flexibility index (Phi) is 3.78. The first-order chi connectivity index (χ1) is 10.3. The summed E-state index contributed by atoms with van der Waals surface area (Å²) in [6.07, 6.45) is 3.96. The van der Waals surface area contributed by atoms with Gasteiger partial charge in [-0.3, -0.25) is 4.79 Å². The molecule has 3 rings (SSSR count). The number of rotatable bonds is 4. The lowest BCUT2D eigenvalue weighted by Crippen LogP contribution is -2.14. The molecule has 1 heterocycles. The minimum absolute atomic E-state index is 0.0289. The molecule has 1 amide bonds. The van der Waals surface area contributed by atoms with Gasteiger partial charge in [-0.25, -0.2) is 4.68 Å². The number of benzene rings is 2. The summed E-state index contributed by atoms with van der Waals surface area (Å²) in [7, 11) is 0. The number of amides is 1. The van der Waals surface area contributed by atoms with Crippen LogP contribution in [0.3, 0.4) is 0 Å². The first-order valence-electron chi connectivity index (χ1n) is 6.75. The summed E-state index contributed by atoms with van der Waals surface area (Å²) >= 11 is 0. The topological polar surface area (TPSA) is 46.9 Å². The molecule has 2 aromatic carbocycles. The highest BCUT2D eigenvalue weighted by molar-refractivity contribution is 5.92. The van der Waals surface area contributed by atoms with E-state index >= 15 is 0 Å². The summed E-state index contributed by atoms with van der Waals surface area (Å²) in [5, 5.41) is 7.09. The summed E-state index contributed by atoms with van der Waals surface area (Å²) in [5.41, 5.74) is 2.68. The molecule has 0 aliphatic rings. The molecular weight excluding hydrogens is 262 g/mol. The molecule has 4 heteroatoms. The van der Waals surface area contributed by atoms with Crippen molar-refractivity contribution in [3.63, 3.8) is 0 Å². The SMILES string of the molecule is O=C(Cc1ccccc1)Nc1cccc(-n2cccn2)c1. The van der Waals surface area contributed by atoms with E-state index < -0.39 is 0 Å². The lowest BCUT2D eigenvalue weighted by Gasteiger charge is -2.07. The van der Waals surface area contributed by atoms with Gasteiger partial charge in [0, 0.05) is 18.1 Å². The van der Waals surface area contributed by atoms with Crippen LogP contribution in [0.25, 0.3) is 5.69 Å². The van der Waals surface area contributed by atoms with E-state index in [1.165, 1.54) is 0 Å². The van der Waals surface area contributed by atoms with Crippen LogP contribution in [0.4, 0.5) is 5.69 Å². The van der Waals surface area contributed by atoms with Gasteiger partial charge in [-0.05, 0) is 29.8 Å². The zero-order valence-corrected chi connectivity index (χ0v) is 11.4. The minimum Gasteiger partial charge on any atom is -0.326 e. The van der Waals surface area contributed by atoms with Gasteiger partial charge in [0.15, 0.2) is 0 Å². The van der Waals surface area contributed by atoms with Gasteiger partial charge in [0.05, 0.1) is 12.1 Å². The lowest BCUT2D eigenvalue weighted by atomic mass is 10.1. The zero-order chi connectivity index (χ0) is 14.5. The molecule has 1 N–H and O–H groups in total. The fourth-order valence-electron chi connectivity index (χ4n) is 2.13. The second-order valence-corrected chi connectivity index (χ2v) is 4.71. The average Bonchev–Trinajstić information content (AvgIpc) is 3.02. The number of hydrogen-bond acceptors (Lipinski definition) is 2. The van der Waals surface area contributed by atoms with Crippen molar-refractivity contribution in [2.75, 3.05) is 5.32 Å². The van der Waals surface area contributed by atoms with E-state index in [0.29, 0.717) is 6.42 Å². The summed E-state index contributed by atoms with van der Waals surface area (Å²) in [4.78, 5) is 12.0. The maximum Gasteiger partial charge on any atom is 0.228 e. The fourth-order valence-corrected chi connectivity index (χ4v) is 2.13. The van der Waals surface area contributed by atoms with E-state index in [2.05, 4.69) is 10.4 Å². The Hall–Kier alpha value is -2.88. The van der Waals surface area contributed by atoms with Crippen LogP contribution in [0.1, 0.15) is 5.56 Å². The molecule has 0 aliphatic heterocycles. The fraction of sp³-hybridized carbons (Fsp3) is 0.0588. The number of carbonyl (C=O) groups is 1. The van der Waals surface area contributed by atoms with E-state index in [9.17, 15) is 4.79 Å². The van der Waals surface area contributed by atoms with Crippen LogP contribution in [0.15, 0.2) is 73.1 Å². The monoisotopic (exact) mass is 277 g/mol. The van der Waals surface area contributed by atoms with Crippen molar-refractivity contribution in [3.8, 4) is 5.69 Å². The number of carbonyl (C=O) groups excluding carboxylic acids is 1. The normalized spacial score (nSPS) is 10.3. The number of aromatic nitrogens is 2. The van der Waals surface area contributed by atoms with E-state index in [1.54, 1.807) is 10.9 Å². The van der Waals surface area contributed by atoms with Crippen LogP contribution in [0, 0.1) is 0 Å². The summed E-state index contributed by atoms with van der Waals surface area (Å²) in [6, 6.07) is 19.2. The van der Waals surface area contributed by atoms with Gasteiger partial charge in [-0.1, -0.05) is 36.4 Å². The summed E-state index contributed by atoms with van der Waals surface area (Å²) in [6.45, 7) is 0. The summed E-state index contributed by atoms with van der Waals surface area (Å²) < 4.78 is 1.76. The van der Waals surface area contributed by atoms with Crippen molar-refractivity contribution in [1.29, 1.82) is 0 Å². The zero-order valence-electron chi connectivity index (χ0n) is 11.4. The van der Waals surface area contributed by atoms with Crippen molar-refractivity contribution >= 4 is 11.6 Å². The van der Waals surface area contributed by atoms with Crippen LogP contribution in [0.5, 0.6) is 0 Å². The van der Waals surface area contributed by atoms with Gasteiger partial charge >= 0.3 is 0 Å². The molecule has 0 aliphatic carbocycles. The molecule has 0 saturated heterocycles. The molecule has 0 saturated carbocycles. The Morgan fingerprint density at radius 2 is 1.90 bits per heavy atom. The highest BCUT2D eigenvalue weighted by Crippen LogP contribution is 2.14. The Balaban J connectivity index is 1.70. The predicted octanol–water partition coefficient (Wildman–Crippen LogP) is 3.05. The molecule has 4 nitrogen and oxygen atoms in total. The molecule has 3 aromatic rings. The van der Waals surface area contributed by atoms with Crippen molar-refractivity contribution in [2.45, 2.75) is 6.42 Å². The number of hydrogen-bond donors (Lipinski definition) is 1. The van der Waals surface area contributed by atoms with Crippen molar-refractivity contribution < 1.29 is 4.79 Å². The molecule has 104 valence electrons. The maximum atomic E-state index is 12.0. The first-order valence-corrected chi connectivity index (χ1v) is 6.75. The van der Waals surface area contributed by atoms with Gasteiger partial charge in [-0.2, -0.15) is 5.10 Å². The molecule has 0 spiro atoms. The third-order valence-corrected chi connectivity index (χ3v) is 3.11. The summed E-state index contributed by atoms with van der Waals surface area (Å²) in [5.74, 6) is -0.0289. The van der Waals surface area contributed by atoms with E-state index in [4.69, 9.17) is 0 Å². The van der Waals surface area contributed by atoms with Crippen LogP contribution in [-0.2, 0) is 11.2 Å². The molecule has 0 bridgehead atoms. The van der Waals surface area contributed by atoms with Gasteiger partial charge in [0.25, 0.3) is 0 Å². The van der Waals surface area contributed by atoms with Crippen molar-refractivity contribution in [2.24, 2.45) is 0 Å². The Labute approximate surface area is 123 Å². The largest absolute Gasteiger partial charge is 0.326 e. The van der Waals surface area contributed by atoms with E-state index in [-0.39, 0.29) is 5.91 Å². The van der Waals surface area contributed by atoms with E-state index in [0.717, 1.165) is 16.9 Å². The molecule has 1 aromatic heterocycles. The smallest absolute Gasteiger partial charge is 0.228 e. The van der Waals surface area contributed by atoms with Gasteiger partial charge < -0.3 is 5.32 Å². The average molecular weight is 277 g/mol. The highest BCUT2D eigenvalue weighted by Gasteiger charge is 2.05. The van der Waals surface area contributed by atoms with Crippen LogP contribution < -0.4 is 5.32 Å². The lowest BCUT2D eigenvalue weighted by molar-refractivity contribution is -0.115. The second kappa shape index (κ2) is 6.05. The van der Waals surface area contributed by atoms with Crippen LogP contribution in [-0.4, -0.2) is 15.7 Å². The molecule has 0 atom stereocenters. The number of anilines is 1. The molecule has 0 radical (unpaired) electrons. The van der Waals surface area contributed by atoms with Crippen molar-refractivity contribution in [1.82, 2.24) is 9.78 Å². The van der Waals surface area contributed by atoms with Crippen LogP contribution in [0.2, 0.25) is 0 Å². The molecular formula is C17H15N3O. The maximum absolute atomic E-state index is 12.0. The molecule has 0 fully saturated rings. The Morgan fingerprint density at radius 3 is 2.67 bits per heavy atom. The van der Waals surface area contributed by atoms with Crippen molar-refractivity contribution in [3.05, 3.63) is 78.6 Å². The van der Waals surface area contributed by atoms with E-state index in [1.807, 2.05) is 66.9 Å². The Morgan fingerprint density at radius 1 is 1.05 bits per heavy atom. The minimum atomic E-state index is -0.0289. The van der Waals surface area contributed by atoms with Gasteiger partial charge in [0.1, 0.15) is 0 Å². The quantitative estimate of drug-likeness (QED) is 0.796. The second-order valence-electron chi connectivity index (χ2n) is 4.71. The van der Waals surface area contributed by atoms with Gasteiger partial charge in [0.2, 0.25) is 5.91 Å².